The van der Waals surface area contributed by atoms with Gasteiger partial charge in [-0.2, -0.15) is 4.98 Å². The molecule has 2 heterocycles. The first-order chi connectivity index (χ1) is 11.5. The fraction of sp³-hybridized carbons (Fsp3) is 0.375. The molecule has 8 heteroatoms. The van der Waals surface area contributed by atoms with Crippen molar-refractivity contribution < 1.29 is 13.2 Å². The molecular formula is C16H20N4O3S. The monoisotopic (exact) mass is 348 g/mol. The molecule has 1 aliphatic rings. The van der Waals surface area contributed by atoms with E-state index in [0.29, 0.717) is 6.61 Å². The second kappa shape index (κ2) is 6.64. The fourth-order valence-electron chi connectivity index (χ4n) is 2.72. The third kappa shape index (κ3) is 3.43. The molecule has 0 saturated heterocycles. The van der Waals surface area contributed by atoms with Gasteiger partial charge in [-0.1, -0.05) is 6.07 Å². The van der Waals surface area contributed by atoms with E-state index in [9.17, 15) is 8.42 Å². The second-order valence-electron chi connectivity index (χ2n) is 5.60. The zero-order chi connectivity index (χ0) is 17.2. The molecule has 0 bridgehead atoms. The van der Waals surface area contributed by atoms with E-state index in [1.165, 1.54) is 18.0 Å². The van der Waals surface area contributed by atoms with Crippen LogP contribution in [-0.2, 0) is 16.4 Å². The minimum absolute atomic E-state index is 0.132. The van der Waals surface area contributed by atoms with E-state index in [4.69, 9.17) is 4.74 Å². The van der Waals surface area contributed by atoms with E-state index < -0.39 is 10.0 Å². The molecule has 0 unspecified atom stereocenters. The van der Waals surface area contributed by atoms with Gasteiger partial charge in [-0.3, -0.25) is 9.71 Å². The summed E-state index contributed by atoms with van der Waals surface area (Å²) >= 11 is 0. The Hall–Kier alpha value is -2.35. The number of hydrogen-bond donors (Lipinski definition) is 1. The van der Waals surface area contributed by atoms with Crippen LogP contribution in [0.5, 0.6) is 5.88 Å². The van der Waals surface area contributed by atoms with Crippen molar-refractivity contribution in [2.75, 3.05) is 29.8 Å². The molecule has 0 spiro atoms. The van der Waals surface area contributed by atoms with E-state index in [1.54, 1.807) is 12.1 Å². The van der Waals surface area contributed by atoms with Crippen molar-refractivity contribution >= 4 is 21.5 Å². The molecule has 1 aromatic heterocycles. The lowest BCUT2D eigenvalue weighted by Gasteiger charge is -2.27. The molecule has 0 aliphatic carbocycles. The van der Waals surface area contributed by atoms with Gasteiger partial charge in [0.2, 0.25) is 5.88 Å². The van der Waals surface area contributed by atoms with Crippen LogP contribution in [-0.4, -0.2) is 38.6 Å². The van der Waals surface area contributed by atoms with Crippen LogP contribution in [0.2, 0.25) is 0 Å². The number of sulfonamides is 1. The van der Waals surface area contributed by atoms with Crippen molar-refractivity contribution in [1.29, 1.82) is 0 Å². The van der Waals surface area contributed by atoms with Gasteiger partial charge < -0.3 is 9.64 Å². The summed E-state index contributed by atoms with van der Waals surface area (Å²) in [6.07, 6.45) is 4.84. The Morgan fingerprint density at radius 3 is 2.96 bits per heavy atom. The quantitative estimate of drug-likeness (QED) is 0.890. The van der Waals surface area contributed by atoms with Gasteiger partial charge in [-0.15, -0.1) is 0 Å². The van der Waals surface area contributed by atoms with E-state index in [-0.39, 0.29) is 16.6 Å². The maximum atomic E-state index is 12.6. The lowest BCUT2D eigenvalue weighted by molar-refractivity contribution is 0.326. The topological polar surface area (TPSA) is 84.4 Å². The van der Waals surface area contributed by atoms with E-state index in [1.807, 2.05) is 20.0 Å². The minimum Gasteiger partial charge on any atom is -0.477 e. The number of aromatic nitrogens is 2. The van der Waals surface area contributed by atoms with E-state index in [2.05, 4.69) is 19.6 Å². The highest BCUT2D eigenvalue weighted by molar-refractivity contribution is 7.92. The van der Waals surface area contributed by atoms with Gasteiger partial charge in [-0.25, -0.2) is 8.42 Å². The highest BCUT2D eigenvalue weighted by Crippen LogP contribution is 2.29. The van der Waals surface area contributed by atoms with Gasteiger partial charge in [0.25, 0.3) is 10.0 Å². The van der Waals surface area contributed by atoms with Gasteiger partial charge in [0, 0.05) is 19.3 Å². The molecule has 1 aliphatic heterocycles. The molecule has 0 atom stereocenters. The minimum atomic E-state index is -3.74. The fourth-order valence-corrected chi connectivity index (χ4v) is 3.72. The average Bonchev–Trinajstić information content (AvgIpc) is 2.55. The maximum absolute atomic E-state index is 12.6. The van der Waals surface area contributed by atoms with Gasteiger partial charge in [0.15, 0.2) is 5.82 Å². The highest BCUT2D eigenvalue weighted by Gasteiger charge is 2.20. The summed E-state index contributed by atoms with van der Waals surface area (Å²) in [5.41, 5.74) is 2.12. The van der Waals surface area contributed by atoms with Crippen LogP contribution >= 0.6 is 0 Å². The Labute approximate surface area is 141 Å². The molecule has 1 aromatic carbocycles. The highest BCUT2D eigenvalue weighted by atomic mass is 32.2. The third-order valence-corrected chi connectivity index (χ3v) is 5.21. The van der Waals surface area contributed by atoms with Crippen LogP contribution in [0.3, 0.4) is 0 Å². The Morgan fingerprint density at radius 1 is 1.33 bits per heavy atom. The van der Waals surface area contributed by atoms with Crippen molar-refractivity contribution in [3.63, 3.8) is 0 Å². The predicted molar refractivity (Wildman–Crippen MR) is 92.0 cm³/mol. The number of aryl methyl sites for hydroxylation is 1. The lowest BCUT2D eigenvalue weighted by atomic mass is 10.0. The predicted octanol–water partition coefficient (Wildman–Crippen LogP) is 2.06. The average molecular weight is 348 g/mol. The number of hydrogen-bond acceptors (Lipinski definition) is 6. The number of anilines is 2. The standard InChI is InChI=1S/C16H20N4O3S/c1-3-23-16-11-17-10-15(18-16)19-24(21,22)13-7-6-12-5-4-8-20(2)14(12)9-13/h6-7,9-11H,3-5,8H2,1-2H3,(H,18,19). The number of benzene rings is 1. The van der Waals surface area contributed by atoms with Crippen molar-refractivity contribution in [3.8, 4) is 5.88 Å². The van der Waals surface area contributed by atoms with Crippen molar-refractivity contribution in [3.05, 3.63) is 36.2 Å². The molecule has 0 amide bonds. The number of rotatable bonds is 5. The zero-order valence-electron chi connectivity index (χ0n) is 13.7. The first-order valence-electron chi connectivity index (χ1n) is 7.81. The van der Waals surface area contributed by atoms with Crippen LogP contribution in [0.15, 0.2) is 35.5 Å². The summed E-state index contributed by atoms with van der Waals surface area (Å²) in [6.45, 7) is 3.18. The Bertz CT molecular complexity index is 839. The van der Waals surface area contributed by atoms with Crippen LogP contribution in [0.25, 0.3) is 0 Å². The van der Waals surface area contributed by atoms with Crippen molar-refractivity contribution in [2.24, 2.45) is 0 Å². The summed E-state index contributed by atoms with van der Waals surface area (Å²) in [7, 11) is -1.77. The van der Waals surface area contributed by atoms with Gasteiger partial charge in [-0.05, 0) is 37.5 Å². The summed E-state index contributed by atoms with van der Waals surface area (Å²) in [5, 5.41) is 0. The van der Waals surface area contributed by atoms with Gasteiger partial charge in [0.1, 0.15) is 0 Å². The van der Waals surface area contributed by atoms with E-state index in [0.717, 1.165) is 25.1 Å². The second-order valence-corrected chi connectivity index (χ2v) is 7.28. The van der Waals surface area contributed by atoms with Gasteiger partial charge >= 0.3 is 0 Å². The first kappa shape index (κ1) is 16.5. The smallest absolute Gasteiger partial charge is 0.263 e. The molecule has 3 rings (SSSR count). The van der Waals surface area contributed by atoms with Crippen LogP contribution in [0, 0.1) is 0 Å². The molecule has 0 fully saturated rings. The zero-order valence-corrected chi connectivity index (χ0v) is 14.5. The van der Waals surface area contributed by atoms with Crippen LogP contribution in [0.1, 0.15) is 18.9 Å². The van der Waals surface area contributed by atoms with Crippen LogP contribution < -0.4 is 14.4 Å². The molecule has 24 heavy (non-hydrogen) atoms. The summed E-state index contributed by atoms with van der Waals surface area (Å²) in [6, 6.07) is 5.21. The number of nitrogens with one attached hydrogen (secondary N) is 1. The summed E-state index contributed by atoms with van der Waals surface area (Å²) < 4.78 is 32.9. The molecular weight excluding hydrogens is 328 g/mol. The Morgan fingerprint density at radius 2 is 2.17 bits per heavy atom. The number of nitrogens with zero attached hydrogens (tertiary/aromatic N) is 3. The van der Waals surface area contributed by atoms with Crippen molar-refractivity contribution in [1.82, 2.24) is 9.97 Å². The van der Waals surface area contributed by atoms with Gasteiger partial charge in [0.05, 0.1) is 23.9 Å². The third-order valence-electron chi connectivity index (χ3n) is 3.86. The first-order valence-corrected chi connectivity index (χ1v) is 9.29. The Kier molecular flexibility index (Phi) is 4.57. The normalized spacial score (nSPS) is 14.2. The SMILES string of the molecule is CCOc1cncc(NS(=O)(=O)c2ccc3c(c2)N(C)CCC3)n1. The lowest BCUT2D eigenvalue weighted by Crippen LogP contribution is -2.25. The number of ether oxygens (including phenoxy) is 1. The maximum Gasteiger partial charge on any atom is 0.263 e. The largest absolute Gasteiger partial charge is 0.477 e. The Balaban J connectivity index is 1.88. The summed E-state index contributed by atoms with van der Waals surface area (Å²) in [5.74, 6) is 0.412. The molecule has 0 saturated carbocycles. The van der Waals surface area contributed by atoms with E-state index >= 15 is 0 Å². The molecule has 0 radical (unpaired) electrons. The summed E-state index contributed by atoms with van der Waals surface area (Å²) in [4.78, 5) is 10.3. The van der Waals surface area contributed by atoms with Crippen molar-refractivity contribution in [2.45, 2.75) is 24.7 Å². The molecule has 1 N–H and O–H groups in total. The molecule has 7 nitrogen and oxygen atoms in total. The molecule has 128 valence electrons. The number of fused-ring (bicyclic) bond motifs is 1. The van der Waals surface area contributed by atoms with Crippen LogP contribution in [0.4, 0.5) is 11.5 Å². The molecule has 2 aromatic rings.